The molecule has 0 spiro atoms. The highest BCUT2D eigenvalue weighted by Crippen LogP contribution is 2.19. The van der Waals surface area contributed by atoms with Crippen molar-refractivity contribution in [3.63, 3.8) is 0 Å². The van der Waals surface area contributed by atoms with E-state index in [2.05, 4.69) is 45.3 Å². The zero-order chi connectivity index (χ0) is 12.8. The Morgan fingerprint density at radius 2 is 1.59 bits per heavy atom. The Hall–Kier alpha value is -0.416. The van der Waals surface area contributed by atoms with Gasteiger partial charge >= 0.3 is 0 Å². The van der Waals surface area contributed by atoms with E-state index >= 15 is 0 Å². The second kappa shape index (κ2) is 4.06. The highest BCUT2D eigenvalue weighted by Gasteiger charge is 2.31. The SMILES string of the molecule is C[Si](C)(C)c1cc2c(nc1[Si](C)(C)C)CCC2. The molecule has 0 fully saturated rings. The first-order valence-electron chi connectivity index (χ1n) is 6.73. The van der Waals surface area contributed by atoms with E-state index in [-0.39, 0.29) is 0 Å². The summed E-state index contributed by atoms with van der Waals surface area (Å²) < 4.78 is 0. The first-order valence-corrected chi connectivity index (χ1v) is 13.7. The van der Waals surface area contributed by atoms with Crippen LogP contribution in [0, 0.1) is 0 Å². The zero-order valence-corrected chi connectivity index (χ0v) is 14.1. The number of rotatable bonds is 2. The fourth-order valence-corrected chi connectivity index (χ4v) is 7.59. The summed E-state index contributed by atoms with van der Waals surface area (Å²) in [5.74, 6) is 0. The molecule has 0 bridgehead atoms. The van der Waals surface area contributed by atoms with Crippen LogP contribution in [-0.4, -0.2) is 21.1 Å². The number of fused-ring (bicyclic) bond motifs is 1. The second-order valence-corrected chi connectivity index (χ2v) is 17.4. The zero-order valence-electron chi connectivity index (χ0n) is 12.1. The minimum atomic E-state index is -1.31. The Morgan fingerprint density at radius 3 is 2.12 bits per heavy atom. The molecule has 1 aromatic heterocycles. The van der Waals surface area contributed by atoms with E-state index in [1.165, 1.54) is 30.3 Å². The maximum absolute atomic E-state index is 5.09. The first-order chi connectivity index (χ1) is 7.69. The fraction of sp³-hybridized carbons (Fsp3) is 0.643. The Balaban J connectivity index is 2.64. The molecule has 1 aliphatic carbocycles. The molecule has 1 nitrogen and oxygen atoms in total. The van der Waals surface area contributed by atoms with Gasteiger partial charge in [-0.3, -0.25) is 4.98 Å². The number of hydrogen-bond acceptors (Lipinski definition) is 1. The van der Waals surface area contributed by atoms with Crippen molar-refractivity contribution in [2.45, 2.75) is 58.5 Å². The summed E-state index contributed by atoms with van der Waals surface area (Å²) in [7, 11) is -2.57. The summed E-state index contributed by atoms with van der Waals surface area (Å²) in [4.78, 5) is 5.09. The van der Waals surface area contributed by atoms with Crippen LogP contribution >= 0.6 is 0 Å². The maximum atomic E-state index is 5.09. The number of pyridine rings is 1. The standard InChI is InChI=1S/C14H25NSi2/c1-16(2,3)13-10-11-8-7-9-12(11)15-14(13)17(4,5)6/h10H,7-9H2,1-6H3. The number of aromatic nitrogens is 1. The van der Waals surface area contributed by atoms with Gasteiger partial charge in [-0.2, -0.15) is 0 Å². The third-order valence-electron chi connectivity index (χ3n) is 3.57. The van der Waals surface area contributed by atoms with Gasteiger partial charge < -0.3 is 0 Å². The molecule has 0 radical (unpaired) electrons. The fourth-order valence-electron chi connectivity index (χ4n) is 2.62. The molecule has 2 rings (SSSR count). The average Bonchev–Trinajstić information content (AvgIpc) is 2.59. The molecule has 0 amide bonds. The van der Waals surface area contributed by atoms with Crippen LogP contribution in [0.4, 0.5) is 0 Å². The van der Waals surface area contributed by atoms with E-state index in [1.54, 1.807) is 10.8 Å². The van der Waals surface area contributed by atoms with E-state index in [9.17, 15) is 0 Å². The van der Waals surface area contributed by atoms with Crippen LogP contribution in [0.25, 0.3) is 0 Å². The van der Waals surface area contributed by atoms with Crippen molar-refractivity contribution in [1.29, 1.82) is 0 Å². The molecular weight excluding hydrogens is 238 g/mol. The molecule has 94 valence electrons. The van der Waals surface area contributed by atoms with Crippen LogP contribution in [-0.2, 0) is 12.8 Å². The normalized spacial score (nSPS) is 16.1. The van der Waals surface area contributed by atoms with Gasteiger partial charge in [0.1, 0.15) is 8.07 Å². The van der Waals surface area contributed by atoms with Crippen LogP contribution in [0.5, 0.6) is 0 Å². The maximum Gasteiger partial charge on any atom is 0.101 e. The predicted molar refractivity (Wildman–Crippen MR) is 82.2 cm³/mol. The summed E-state index contributed by atoms with van der Waals surface area (Å²) in [6, 6.07) is 2.52. The van der Waals surface area contributed by atoms with Crippen LogP contribution in [0.3, 0.4) is 0 Å². The molecule has 17 heavy (non-hydrogen) atoms. The Bertz CT molecular complexity index is 398. The number of aryl methyl sites for hydroxylation is 2. The monoisotopic (exact) mass is 263 g/mol. The molecule has 0 aromatic carbocycles. The smallest absolute Gasteiger partial charge is 0.101 e. The van der Waals surface area contributed by atoms with Crippen molar-refractivity contribution in [3.05, 3.63) is 17.3 Å². The molecule has 0 unspecified atom stereocenters. The van der Waals surface area contributed by atoms with Crippen molar-refractivity contribution >= 4 is 26.7 Å². The Labute approximate surface area is 108 Å². The van der Waals surface area contributed by atoms with Gasteiger partial charge in [-0.05, 0) is 30.0 Å². The van der Waals surface area contributed by atoms with Crippen LogP contribution in [0.2, 0.25) is 39.3 Å². The van der Waals surface area contributed by atoms with Gasteiger partial charge in [-0.1, -0.05) is 45.3 Å². The number of nitrogens with zero attached hydrogens (tertiary/aromatic N) is 1. The third kappa shape index (κ3) is 2.55. The van der Waals surface area contributed by atoms with Crippen molar-refractivity contribution in [2.75, 3.05) is 0 Å². The highest BCUT2D eigenvalue weighted by atomic mass is 28.3. The minimum absolute atomic E-state index is 1.21. The van der Waals surface area contributed by atoms with E-state index in [0.717, 1.165) is 0 Å². The molecule has 0 aliphatic heterocycles. The summed E-state index contributed by atoms with van der Waals surface area (Å²) in [6.07, 6.45) is 3.77. The lowest BCUT2D eigenvalue weighted by molar-refractivity contribution is 0.900. The number of hydrogen-bond donors (Lipinski definition) is 0. The van der Waals surface area contributed by atoms with Gasteiger partial charge in [-0.25, -0.2) is 0 Å². The highest BCUT2D eigenvalue weighted by molar-refractivity contribution is 6.98. The van der Waals surface area contributed by atoms with Gasteiger partial charge in [0.05, 0.1) is 8.07 Å². The molecule has 3 heteroatoms. The largest absolute Gasteiger partial charge is 0.263 e. The van der Waals surface area contributed by atoms with Crippen molar-refractivity contribution in [2.24, 2.45) is 0 Å². The molecule has 0 N–H and O–H groups in total. The third-order valence-corrected chi connectivity index (χ3v) is 7.62. The van der Waals surface area contributed by atoms with Crippen molar-refractivity contribution in [1.82, 2.24) is 4.98 Å². The van der Waals surface area contributed by atoms with Crippen molar-refractivity contribution < 1.29 is 0 Å². The van der Waals surface area contributed by atoms with E-state index in [4.69, 9.17) is 4.98 Å². The van der Waals surface area contributed by atoms with Gasteiger partial charge in [-0.15, -0.1) is 0 Å². The summed E-state index contributed by atoms with van der Waals surface area (Å²) >= 11 is 0. The van der Waals surface area contributed by atoms with Crippen LogP contribution in [0.1, 0.15) is 17.7 Å². The van der Waals surface area contributed by atoms with Crippen LogP contribution in [0.15, 0.2) is 6.07 Å². The van der Waals surface area contributed by atoms with Gasteiger partial charge in [0, 0.05) is 11.0 Å². The molecule has 1 aromatic rings. The summed E-state index contributed by atoms with van der Waals surface area (Å²) in [6.45, 7) is 14.7. The molecule has 0 atom stereocenters. The predicted octanol–water partition coefficient (Wildman–Crippen LogP) is 2.66. The van der Waals surface area contributed by atoms with Gasteiger partial charge in [0.15, 0.2) is 0 Å². The quantitative estimate of drug-likeness (QED) is 0.748. The average molecular weight is 264 g/mol. The molecule has 1 aliphatic rings. The lowest BCUT2D eigenvalue weighted by Gasteiger charge is -2.27. The van der Waals surface area contributed by atoms with Crippen LogP contribution < -0.4 is 10.5 Å². The molecule has 0 saturated heterocycles. The minimum Gasteiger partial charge on any atom is -0.263 e. The Kier molecular flexibility index (Phi) is 3.11. The summed E-state index contributed by atoms with van der Waals surface area (Å²) in [5.41, 5.74) is 2.95. The van der Waals surface area contributed by atoms with E-state index in [1.807, 2.05) is 0 Å². The first kappa shape index (κ1) is 13.0. The van der Waals surface area contributed by atoms with Gasteiger partial charge in [0.2, 0.25) is 0 Å². The summed E-state index contributed by atoms with van der Waals surface area (Å²) in [5, 5.41) is 3.13. The second-order valence-electron chi connectivity index (χ2n) is 7.34. The van der Waals surface area contributed by atoms with Gasteiger partial charge in [0.25, 0.3) is 0 Å². The van der Waals surface area contributed by atoms with Crippen molar-refractivity contribution in [3.8, 4) is 0 Å². The Morgan fingerprint density at radius 1 is 0.941 bits per heavy atom. The lowest BCUT2D eigenvalue weighted by Crippen LogP contribution is -2.58. The van der Waals surface area contributed by atoms with E-state index < -0.39 is 16.1 Å². The molecule has 0 saturated carbocycles. The van der Waals surface area contributed by atoms with E-state index in [0.29, 0.717) is 0 Å². The molecule has 1 heterocycles. The lowest BCUT2D eigenvalue weighted by atomic mass is 10.2. The molecular formula is C14H25NSi2. The topological polar surface area (TPSA) is 12.9 Å².